The zero-order valence-electron chi connectivity index (χ0n) is 6.17. The fourth-order valence-electron chi connectivity index (χ4n) is 1.30. The first-order valence-corrected chi connectivity index (χ1v) is 3.89. The number of imide groups is 1. The predicted octanol–water partition coefficient (Wildman–Crippen LogP) is 0.0907. The summed E-state index contributed by atoms with van der Waals surface area (Å²) in [4.78, 5) is 23.6. The number of nitrogens with one attached hydrogen (secondary N) is 1. The summed E-state index contributed by atoms with van der Waals surface area (Å²) in [5.74, 6) is -0.0174. The van der Waals surface area contributed by atoms with Crippen LogP contribution >= 0.6 is 0 Å². The van der Waals surface area contributed by atoms with Crippen LogP contribution in [0.4, 0.5) is 4.79 Å². The molecular formula is C7H10N2O2. The fraction of sp³-hybridized carbons (Fsp3) is 0.714. The monoisotopic (exact) mass is 154 g/mol. The van der Waals surface area contributed by atoms with Crippen molar-refractivity contribution in [1.82, 2.24) is 10.2 Å². The van der Waals surface area contributed by atoms with Gasteiger partial charge in [-0.15, -0.1) is 0 Å². The Labute approximate surface area is 64.5 Å². The van der Waals surface area contributed by atoms with Gasteiger partial charge in [0.25, 0.3) is 0 Å². The lowest BCUT2D eigenvalue weighted by atomic mass is 10.3. The molecule has 0 atom stereocenters. The zero-order chi connectivity index (χ0) is 7.84. The van der Waals surface area contributed by atoms with E-state index < -0.39 is 0 Å². The van der Waals surface area contributed by atoms with E-state index in [0.29, 0.717) is 13.0 Å². The molecule has 0 bridgehead atoms. The SMILES string of the molecule is O=C1CCNC(=O)N1C1CC1. The van der Waals surface area contributed by atoms with Gasteiger partial charge >= 0.3 is 6.03 Å². The Kier molecular flexibility index (Phi) is 1.34. The molecule has 3 amide bonds. The number of rotatable bonds is 1. The second kappa shape index (κ2) is 2.22. The van der Waals surface area contributed by atoms with Crippen LogP contribution < -0.4 is 5.32 Å². The second-order valence-corrected chi connectivity index (χ2v) is 2.98. The minimum absolute atomic E-state index is 0.0174. The Morgan fingerprint density at radius 2 is 2.09 bits per heavy atom. The van der Waals surface area contributed by atoms with Crippen molar-refractivity contribution in [3.05, 3.63) is 0 Å². The van der Waals surface area contributed by atoms with Crippen molar-refractivity contribution >= 4 is 11.9 Å². The summed E-state index contributed by atoms with van der Waals surface area (Å²) in [5, 5.41) is 2.65. The number of hydrogen-bond acceptors (Lipinski definition) is 2. The Morgan fingerprint density at radius 1 is 1.36 bits per heavy atom. The van der Waals surface area contributed by atoms with Crippen LogP contribution in [-0.4, -0.2) is 29.4 Å². The van der Waals surface area contributed by atoms with Crippen molar-refractivity contribution in [1.29, 1.82) is 0 Å². The molecule has 1 aliphatic carbocycles. The molecule has 2 aliphatic rings. The average molecular weight is 154 g/mol. The van der Waals surface area contributed by atoms with E-state index in [9.17, 15) is 9.59 Å². The van der Waals surface area contributed by atoms with Crippen LogP contribution in [0.15, 0.2) is 0 Å². The van der Waals surface area contributed by atoms with Crippen LogP contribution in [0.25, 0.3) is 0 Å². The maximum absolute atomic E-state index is 11.2. The summed E-state index contributed by atoms with van der Waals surface area (Å²) in [7, 11) is 0. The van der Waals surface area contributed by atoms with E-state index in [2.05, 4.69) is 5.32 Å². The summed E-state index contributed by atoms with van der Waals surface area (Å²) in [6, 6.07) is 0.00606. The van der Waals surface area contributed by atoms with Gasteiger partial charge in [-0.25, -0.2) is 4.79 Å². The summed E-state index contributed by atoms with van der Waals surface area (Å²) in [6.07, 6.45) is 2.43. The predicted molar refractivity (Wildman–Crippen MR) is 37.9 cm³/mol. The van der Waals surface area contributed by atoms with E-state index >= 15 is 0 Å². The van der Waals surface area contributed by atoms with Gasteiger partial charge in [-0.05, 0) is 12.8 Å². The molecule has 11 heavy (non-hydrogen) atoms. The highest BCUT2D eigenvalue weighted by Crippen LogP contribution is 2.28. The van der Waals surface area contributed by atoms with Crippen molar-refractivity contribution in [2.75, 3.05) is 6.54 Å². The Hall–Kier alpha value is -1.06. The second-order valence-electron chi connectivity index (χ2n) is 2.98. The molecule has 2 fully saturated rings. The van der Waals surface area contributed by atoms with Crippen molar-refractivity contribution < 1.29 is 9.59 Å². The minimum Gasteiger partial charge on any atom is -0.337 e. The Bertz CT molecular complexity index is 194. The fourth-order valence-corrected chi connectivity index (χ4v) is 1.30. The highest BCUT2D eigenvalue weighted by molar-refractivity contribution is 5.97. The van der Waals surface area contributed by atoms with E-state index in [-0.39, 0.29) is 18.0 Å². The first-order valence-electron chi connectivity index (χ1n) is 3.89. The number of nitrogens with zero attached hydrogens (tertiary/aromatic N) is 1. The van der Waals surface area contributed by atoms with Gasteiger partial charge in [0.2, 0.25) is 5.91 Å². The molecule has 1 saturated heterocycles. The molecule has 0 aromatic rings. The maximum Gasteiger partial charge on any atom is 0.324 e. The van der Waals surface area contributed by atoms with Crippen LogP contribution in [0.5, 0.6) is 0 Å². The summed E-state index contributed by atoms with van der Waals surface area (Å²) in [5.41, 5.74) is 0. The van der Waals surface area contributed by atoms with Crippen molar-refractivity contribution in [3.8, 4) is 0 Å². The van der Waals surface area contributed by atoms with Crippen molar-refractivity contribution in [3.63, 3.8) is 0 Å². The van der Waals surface area contributed by atoms with Gasteiger partial charge in [0.05, 0.1) is 0 Å². The number of urea groups is 1. The highest BCUT2D eigenvalue weighted by atomic mass is 16.2. The van der Waals surface area contributed by atoms with Crippen LogP contribution in [0.1, 0.15) is 19.3 Å². The molecule has 4 nitrogen and oxygen atoms in total. The van der Waals surface area contributed by atoms with Gasteiger partial charge in [-0.1, -0.05) is 0 Å². The zero-order valence-corrected chi connectivity index (χ0v) is 6.17. The summed E-state index contributed by atoms with van der Waals surface area (Å²) < 4.78 is 0. The van der Waals surface area contributed by atoms with E-state index in [1.54, 1.807) is 0 Å². The lowest BCUT2D eigenvalue weighted by molar-refractivity contribution is -0.129. The molecular weight excluding hydrogens is 144 g/mol. The van der Waals surface area contributed by atoms with Crippen molar-refractivity contribution in [2.24, 2.45) is 0 Å². The highest BCUT2D eigenvalue weighted by Gasteiger charge is 2.38. The van der Waals surface area contributed by atoms with E-state index in [4.69, 9.17) is 0 Å². The molecule has 60 valence electrons. The lowest BCUT2D eigenvalue weighted by Crippen LogP contribution is -2.50. The normalized spacial score (nSPS) is 25.3. The molecule has 0 aromatic carbocycles. The number of carbonyl (C=O) groups excluding carboxylic acids is 2. The molecule has 4 heteroatoms. The van der Waals surface area contributed by atoms with Gasteiger partial charge < -0.3 is 5.32 Å². The first-order chi connectivity index (χ1) is 5.29. The summed E-state index contributed by atoms with van der Waals surface area (Å²) >= 11 is 0. The van der Waals surface area contributed by atoms with Crippen molar-refractivity contribution in [2.45, 2.75) is 25.3 Å². The topological polar surface area (TPSA) is 49.4 Å². The molecule has 1 aliphatic heterocycles. The molecule has 0 radical (unpaired) electrons. The Balaban J connectivity index is 2.11. The lowest BCUT2D eigenvalue weighted by Gasteiger charge is -2.25. The summed E-state index contributed by atoms with van der Waals surface area (Å²) in [6.45, 7) is 0.501. The molecule has 0 unspecified atom stereocenters. The number of amides is 3. The molecule has 1 heterocycles. The van der Waals surface area contributed by atoms with Crippen LogP contribution in [-0.2, 0) is 4.79 Å². The smallest absolute Gasteiger partial charge is 0.324 e. The third-order valence-electron chi connectivity index (χ3n) is 2.01. The Morgan fingerprint density at radius 3 is 2.64 bits per heavy atom. The van der Waals surface area contributed by atoms with Crippen LogP contribution in [0.2, 0.25) is 0 Å². The maximum atomic E-state index is 11.2. The molecule has 1 saturated carbocycles. The third kappa shape index (κ3) is 1.08. The van der Waals surface area contributed by atoms with E-state index in [1.165, 1.54) is 4.90 Å². The van der Waals surface area contributed by atoms with Gasteiger partial charge in [-0.2, -0.15) is 0 Å². The van der Waals surface area contributed by atoms with Crippen LogP contribution in [0.3, 0.4) is 0 Å². The van der Waals surface area contributed by atoms with Gasteiger partial charge in [-0.3, -0.25) is 9.69 Å². The first kappa shape index (κ1) is 6.64. The largest absolute Gasteiger partial charge is 0.337 e. The number of carbonyl (C=O) groups is 2. The minimum atomic E-state index is -0.205. The van der Waals surface area contributed by atoms with E-state index in [0.717, 1.165) is 12.8 Å². The molecule has 1 N–H and O–H groups in total. The molecule has 0 aromatic heterocycles. The van der Waals surface area contributed by atoms with E-state index in [1.807, 2.05) is 0 Å². The molecule has 2 rings (SSSR count). The third-order valence-corrected chi connectivity index (χ3v) is 2.01. The quantitative estimate of drug-likeness (QED) is 0.582. The van der Waals surface area contributed by atoms with Gasteiger partial charge in [0.15, 0.2) is 0 Å². The van der Waals surface area contributed by atoms with Crippen LogP contribution in [0, 0.1) is 0 Å². The van der Waals surface area contributed by atoms with Gasteiger partial charge in [0, 0.05) is 19.0 Å². The number of hydrogen-bond donors (Lipinski definition) is 1. The average Bonchev–Trinajstić information content (AvgIpc) is 2.70. The molecule has 0 spiro atoms. The standard InChI is InChI=1S/C7H10N2O2/c10-6-3-4-8-7(11)9(6)5-1-2-5/h5H,1-4H2,(H,8,11). The van der Waals surface area contributed by atoms with Gasteiger partial charge in [0.1, 0.15) is 0 Å².